The van der Waals surface area contributed by atoms with Gasteiger partial charge in [0.2, 0.25) is 0 Å². The highest BCUT2D eigenvalue weighted by atomic mass is 19.3. The average Bonchev–Trinajstić information content (AvgIpc) is 3.14. The molecule has 4 rings (SSSR count). The van der Waals surface area contributed by atoms with Gasteiger partial charge in [-0.2, -0.15) is 0 Å². The molecule has 2 heterocycles. The Morgan fingerprint density at radius 1 is 1.25 bits per heavy atom. The second kappa shape index (κ2) is 6.87. The SMILES string of the molecule is Cc1c(OC(C)C(=O)N2CCCC(F)(F)C2)ccc2c3c(c(=O)oc12)CCC3. The number of hydrogen-bond donors (Lipinski definition) is 0. The van der Waals surface area contributed by atoms with Crippen LogP contribution in [0.25, 0.3) is 11.0 Å². The van der Waals surface area contributed by atoms with Crippen LogP contribution in [0.5, 0.6) is 5.75 Å². The van der Waals surface area contributed by atoms with Crippen LogP contribution in [0.4, 0.5) is 8.78 Å². The zero-order valence-corrected chi connectivity index (χ0v) is 16.0. The van der Waals surface area contributed by atoms with Gasteiger partial charge in [0.1, 0.15) is 11.3 Å². The van der Waals surface area contributed by atoms with Crippen molar-refractivity contribution in [3.8, 4) is 5.75 Å². The van der Waals surface area contributed by atoms with Crippen LogP contribution in [0.1, 0.15) is 42.9 Å². The van der Waals surface area contributed by atoms with Crippen LogP contribution in [0.15, 0.2) is 21.3 Å². The number of piperidine rings is 1. The molecule has 1 fully saturated rings. The Hall–Kier alpha value is -2.44. The highest BCUT2D eigenvalue weighted by Gasteiger charge is 2.38. The molecule has 1 aromatic carbocycles. The van der Waals surface area contributed by atoms with Gasteiger partial charge in [-0.05, 0) is 57.2 Å². The zero-order valence-electron chi connectivity index (χ0n) is 16.0. The second-order valence-corrected chi connectivity index (χ2v) is 7.74. The number of rotatable bonds is 3. The number of likely N-dealkylation sites (tertiary alicyclic amines) is 1. The molecule has 1 atom stereocenters. The maximum Gasteiger partial charge on any atom is 0.339 e. The van der Waals surface area contributed by atoms with Crippen LogP contribution in [0.2, 0.25) is 0 Å². The van der Waals surface area contributed by atoms with Gasteiger partial charge in [0, 0.05) is 29.5 Å². The third-order valence-corrected chi connectivity index (χ3v) is 5.70. The maximum atomic E-state index is 13.6. The largest absolute Gasteiger partial charge is 0.480 e. The van der Waals surface area contributed by atoms with Crippen molar-refractivity contribution in [1.29, 1.82) is 0 Å². The number of carbonyl (C=O) groups is 1. The monoisotopic (exact) mass is 391 g/mol. The molecule has 0 bridgehead atoms. The first-order valence-corrected chi connectivity index (χ1v) is 9.68. The number of alkyl halides is 2. The van der Waals surface area contributed by atoms with E-state index < -0.39 is 24.5 Å². The number of halogens is 2. The fourth-order valence-corrected chi connectivity index (χ4v) is 4.24. The number of benzene rings is 1. The number of carbonyl (C=O) groups excluding carboxylic acids is 1. The van der Waals surface area contributed by atoms with E-state index in [1.54, 1.807) is 19.9 Å². The average molecular weight is 391 g/mol. The van der Waals surface area contributed by atoms with E-state index in [1.807, 2.05) is 6.07 Å². The summed E-state index contributed by atoms with van der Waals surface area (Å²) in [5.41, 5.74) is 2.55. The second-order valence-electron chi connectivity index (χ2n) is 7.74. The van der Waals surface area contributed by atoms with Gasteiger partial charge in [0.25, 0.3) is 11.8 Å². The van der Waals surface area contributed by atoms with Crippen molar-refractivity contribution in [2.45, 2.75) is 58.0 Å². The molecule has 150 valence electrons. The molecule has 0 radical (unpaired) electrons. The van der Waals surface area contributed by atoms with Crippen molar-refractivity contribution in [3.63, 3.8) is 0 Å². The minimum absolute atomic E-state index is 0.195. The van der Waals surface area contributed by atoms with Crippen molar-refractivity contribution >= 4 is 16.9 Å². The number of nitrogens with zero attached hydrogens (tertiary/aromatic N) is 1. The summed E-state index contributed by atoms with van der Waals surface area (Å²) in [6.07, 6.45) is 1.68. The van der Waals surface area contributed by atoms with Crippen LogP contribution in [-0.4, -0.2) is 35.9 Å². The Kier molecular flexibility index (Phi) is 4.63. The highest BCUT2D eigenvalue weighted by molar-refractivity contribution is 5.86. The molecule has 1 aliphatic heterocycles. The van der Waals surface area contributed by atoms with Crippen LogP contribution >= 0.6 is 0 Å². The number of ether oxygens (including phenoxy) is 1. The van der Waals surface area contributed by atoms with Gasteiger partial charge in [-0.15, -0.1) is 0 Å². The summed E-state index contributed by atoms with van der Waals surface area (Å²) in [6, 6.07) is 3.60. The maximum absolute atomic E-state index is 13.6. The van der Waals surface area contributed by atoms with E-state index in [9.17, 15) is 18.4 Å². The number of fused-ring (bicyclic) bond motifs is 3. The molecule has 2 aromatic rings. The number of hydrogen-bond acceptors (Lipinski definition) is 4. The molecule has 1 unspecified atom stereocenters. The first-order chi connectivity index (χ1) is 13.3. The van der Waals surface area contributed by atoms with E-state index in [2.05, 4.69) is 0 Å². The third kappa shape index (κ3) is 3.27. The summed E-state index contributed by atoms with van der Waals surface area (Å²) < 4.78 is 38.6. The predicted octanol–water partition coefficient (Wildman–Crippen LogP) is 3.62. The Labute approximate surface area is 161 Å². The lowest BCUT2D eigenvalue weighted by Gasteiger charge is -2.34. The van der Waals surface area contributed by atoms with E-state index in [0.717, 1.165) is 40.7 Å². The Morgan fingerprint density at radius 3 is 2.75 bits per heavy atom. The first kappa shape index (κ1) is 18.9. The molecule has 1 aliphatic carbocycles. The minimum Gasteiger partial charge on any atom is -0.480 e. The van der Waals surface area contributed by atoms with E-state index in [1.165, 1.54) is 0 Å². The molecule has 1 amide bonds. The molecule has 1 aromatic heterocycles. The van der Waals surface area contributed by atoms with Crippen LogP contribution in [0.3, 0.4) is 0 Å². The lowest BCUT2D eigenvalue weighted by Crippen LogP contribution is -2.49. The van der Waals surface area contributed by atoms with Crippen molar-refractivity contribution in [3.05, 3.63) is 39.2 Å². The van der Waals surface area contributed by atoms with Crippen molar-refractivity contribution < 1.29 is 22.7 Å². The van der Waals surface area contributed by atoms with Gasteiger partial charge in [-0.25, -0.2) is 13.6 Å². The molecule has 0 saturated carbocycles. The number of amides is 1. The molecule has 5 nitrogen and oxygen atoms in total. The van der Waals surface area contributed by atoms with Gasteiger partial charge < -0.3 is 14.1 Å². The fourth-order valence-electron chi connectivity index (χ4n) is 4.24. The van der Waals surface area contributed by atoms with Crippen molar-refractivity contribution in [1.82, 2.24) is 4.90 Å². The van der Waals surface area contributed by atoms with Gasteiger partial charge in [-0.3, -0.25) is 4.79 Å². The summed E-state index contributed by atoms with van der Waals surface area (Å²) in [7, 11) is 0. The lowest BCUT2D eigenvalue weighted by molar-refractivity contribution is -0.148. The molecular weight excluding hydrogens is 368 g/mol. The smallest absolute Gasteiger partial charge is 0.339 e. The van der Waals surface area contributed by atoms with Crippen LogP contribution in [-0.2, 0) is 17.6 Å². The molecule has 28 heavy (non-hydrogen) atoms. The normalized spacial score (nSPS) is 19.5. The number of aryl methyl sites for hydroxylation is 2. The minimum atomic E-state index is -2.85. The van der Waals surface area contributed by atoms with E-state index in [0.29, 0.717) is 23.4 Å². The Morgan fingerprint density at radius 2 is 2.00 bits per heavy atom. The Balaban J connectivity index is 1.60. The van der Waals surface area contributed by atoms with Crippen LogP contribution < -0.4 is 10.4 Å². The van der Waals surface area contributed by atoms with Crippen molar-refractivity contribution in [2.75, 3.05) is 13.1 Å². The Bertz CT molecular complexity index is 998. The summed E-state index contributed by atoms with van der Waals surface area (Å²) in [4.78, 5) is 26.0. The van der Waals surface area contributed by atoms with E-state index in [-0.39, 0.29) is 18.5 Å². The molecular formula is C21H23F2NO4. The van der Waals surface area contributed by atoms with E-state index >= 15 is 0 Å². The summed E-state index contributed by atoms with van der Waals surface area (Å²) >= 11 is 0. The summed E-state index contributed by atoms with van der Waals surface area (Å²) in [5.74, 6) is -2.90. The van der Waals surface area contributed by atoms with Crippen molar-refractivity contribution in [2.24, 2.45) is 0 Å². The van der Waals surface area contributed by atoms with Gasteiger partial charge in [0.05, 0.1) is 6.54 Å². The summed E-state index contributed by atoms with van der Waals surface area (Å²) in [5, 5.41) is 0.895. The van der Waals surface area contributed by atoms with Gasteiger partial charge in [-0.1, -0.05) is 0 Å². The topological polar surface area (TPSA) is 59.8 Å². The quantitative estimate of drug-likeness (QED) is 0.750. The van der Waals surface area contributed by atoms with Crippen LogP contribution in [0, 0.1) is 6.92 Å². The highest BCUT2D eigenvalue weighted by Crippen LogP contribution is 2.34. The molecule has 2 aliphatic rings. The fraction of sp³-hybridized carbons (Fsp3) is 0.524. The zero-order chi connectivity index (χ0) is 20.1. The molecule has 0 spiro atoms. The molecule has 0 N–H and O–H groups in total. The third-order valence-electron chi connectivity index (χ3n) is 5.70. The standard InChI is InChI=1S/C21H23F2NO4/c1-12-17(27-13(2)19(25)24-10-4-9-21(22,23)11-24)8-7-15-14-5-3-6-16(14)20(26)28-18(12)15/h7-8,13H,3-6,9-11H2,1-2H3. The van der Waals surface area contributed by atoms with Gasteiger partial charge >= 0.3 is 5.63 Å². The molecule has 7 heteroatoms. The first-order valence-electron chi connectivity index (χ1n) is 9.68. The van der Waals surface area contributed by atoms with Gasteiger partial charge in [0.15, 0.2) is 6.10 Å². The van der Waals surface area contributed by atoms with E-state index in [4.69, 9.17) is 9.15 Å². The predicted molar refractivity (Wildman–Crippen MR) is 100 cm³/mol. The lowest BCUT2D eigenvalue weighted by atomic mass is 10.0. The molecule has 1 saturated heterocycles. The summed E-state index contributed by atoms with van der Waals surface area (Å²) in [6.45, 7) is 3.06.